The Balaban J connectivity index is 2.70. The van der Waals surface area contributed by atoms with Gasteiger partial charge in [0.25, 0.3) is 5.92 Å². The SMILES string of the molecule is CC(F)(F)c1coc2cc(O)ccc12. The van der Waals surface area contributed by atoms with E-state index in [0.717, 1.165) is 13.2 Å². The van der Waals surface area contributed by atoms with Gasteiger partial charge >= 0.3 is 0 Å². The smallest absolute Gasteiger partial charge is 0.274 e. The molecule has 14 heavy (non-hydrogen) atoms. The molecule has 0 saturated heterocycles. The molecule has 2 nitrogen and oxygen atoms in total. The monoisotopic (exact) mass is 198 g/mol. The molecular formula is C10H8F2O2. The molecule has 0 amide bonds. The van der Waals surface area contributed by atoms with Gasteiger partial charge in [0.1, 0.15) is 17.6 Å². The maximum Gasteiger partial charge on any atom is 0.274 e. The molecule has 0 spiro atoms. The molecule has 2 rings (SSSR count). The fraction of sp³-hybridized carbons (Fsp3) is 0.200. The van der Waals surface area contributed by atoms with Crippen LogP contribution in [0, 0.1) is 0 Å². The number of aromatic hydroxyl groups is 1. The lowest BCUT2D eigenvalue weighted by atomic mass is 10.1. The maximum absolute atomic E-state index is 13.0. The van der Waals surface area contributed by atoms with Crippen molar-refractivity contribution in [1.29, 1.82) is 0 Å². The Bertz CT molecular complexity index is 468. The van der Waals surface area contributed by atoms with E-state index in [-0.39, 0.29) is 16.9 Å². The molecule has 0 bridgehead atoms. The van der Waals surface area contributed by atoms with Gasteiger partial charge in [0.05, 0.1) is 5.56 Å². The lowest BCUT2D eigenvalue weighted by Gasteiger charge is -2.06. The first-order chi connectivity index (χ1) is 6.48. The Morgan fingerprint density at radius 2 is 2.07 bits per heavy atom. The maximum atomic E-state index is 13.0. The quantitative estimate of drug-likeness (QED) is 0.762. The van der Waals surface area contributed by atoms with Crippen molar-refractivity contribution in [1.82, 2.24) is 0 Å². The third-order valence-electron chi connectivity index (χ3n) is 2.03. The number of phenolic OH excluding ortho intramolecular Hbond substituents is 1. The zero-order valence-corrected chi connectivity index (χ0v) is 7.42. The normalized spacial score (nSPS) is 12.2. The van der Waals surface area contributed by atoms with E-state index >= 15 is 0 Å². The molecule has 1 heterocycles. The van der Waals surface area contributed by atoms with Crippen LogP contribution in [-0.4, -0.2) is 5.11 Å². The molecule has 0 radical (unpaired) electrons. The van der Waals surface area contributed by atoms with Crippen molar-refractivity contribution in [3.05, 3.63) is 30.0 Å². The molecule has 0 atom stereocenters. The number of rotatable bonds is 1. The number of benzene rings is 1. The minimum atomic E-state index is -2.93. The Labute approximate surface area is 78.8 Å². The van der Waals surface area contributed by atoms with Gasteiger partial charge in [0, 0.05) is 18.4 Å². The highest BCUT2D eigenvalue weighted by molar-refractivity contribution is 5.82. The highest BCUT2D eigenvalue weighted by Crippen LogP contribution is 2.35. The average molecular weight is 198 g/mol. The van der Waals surface area contributed by atoms with Crippen LogP contribution in [0.3, 0.4) is 0 Å². The van der Waals surface area contributed by atoms with Gasteiger partial charge in [0.2, 0.25) is 0 Å². The molecule has 0 aliphatic rings. The number of halogens is 2. The molecule has 74 valence electrons. The van der Waals surface area contributed by atoms with E-state index in [0.29, 0.717) is 5.39 Å². The second-order valence-electron chi connectivity index (χ2n) is 3.22. The van der Waals surface area contributed by atoms with E-state index in [1.807, 2.05) is 0 Å². The summed E-state index contributed by atoms with van der Waals surface area (Å²) in [5.41, 5.74) is 0.106. The van der Waals surface area contributed by atoms with Crippen molar-refractivity contribution in [2.24, 2.45) is 0 Å². The van der Waals surface area contributed by atoms with Crippen LogP contribution >= 0.6 is 0 Å². The van der Waals surface area contributed by atoms with Crippen molar-refractivity contribution in [3.8, 4) is 5.75 Å². The van der Waals surface area contributed by atoms with Crippen molar-refractivity contribution in [2.75, 3.05) is 0 Å². The van der Waals surface area contributed by atoms with Crippen molar-refractivity contribution in [3.63, 3.8) is 0 Å². The second-order valence-corrected chi connectivity index (χ2v) is 3.22. The van der Waals surface area contributed by atoms with Crippen LogP contribution in [0.4, 0.5) is 8.78 Å². The van der Waals surface area contributed by atoms with Gasteiger partial charge in [0.15, 0.2) is 0 Å². The van der Waals surface area contributed by atoms with Crippen LogP contribution in [0.2, 0.25) is 0 Å². The summed E-state index contributed by atoms with van der Waals surface area (Å²) in [6.07, 6.45) is 1.02. The Hall–Kier alpha value is -1.58. The first-order valence-corrected chi connectivity index (χ1v) is 4.07. The number of hydrogen-bond donors (Lipinski definition) is 1. The van der Waals surface area contributed by atoms with Crippen molar-refractivity contribution < 1.29 is 18.3 Å². The number of hydrogen-bond acceptors (Lipinski definition) is 2. The average Bonchev–Trinajstić information content (AvgIpc) is 2.45. The lowest BCUT2D eigenvalue weighted by molar-refractivity contribution is 0.0183. The topological polar surface area (TPSA) is 33.4 Å². The van der Waals surface area contributed by atoms with E-state index < -0.39 is 5.92 Å². The van der Waals surface area contributed by atoms with Crippen molar-refractivity contribution >= 4 is 11.0 Å². The third-order valence-corrected chi connectivity index (χ3v) is 2.03. The lowest BCUT2D eigenvalue weighted by Crippen LogP contribution is -2.05. The minimum absolute atomic E-state index is 0.00202. The van der Waals surface area contributed by atoms with Crippen LogP contribution in [-0.2, 0) is 5.92 Å². The summed E-state index contributed by atoms with van der Waals surface area (Å²) >= 11 is 0. The van der Waals surface area contributed by atoms with Crippen molar-refractivity contribution in [2.45, 2.75) is 12.8 Å². The van der Waals surface area contributed by atoms with E-state index in [4.69, 9.17) is 9.52 Å². The fourth-order valence-corrected chi connectivity index (χ4v) is 1.36. The standard InChI is InChI=1S/C10H8F2O2/c1-10(11,12)8-5-14-9-4-6(13)2-3-7(8)9/h2-5,13H,1H3. The first-order valence-electron chi connectivity index (χ1n) is 4.07. The molecule has 0 aliphatic carbocycles. The molecule has 0 unspecified atom stereocenters. The number of alkyl halides is 2. The molecule has 4 heteroatoms. The summed E-state index contributed by atoms with van der Waals surface area (Å²) in [7, 11) is 0. The molecule has 1 N–H and O–H groups in total. The Morgan fingerprint density at radius 3 is 2.71 bits per heavy atom. The summed E-state index contributed by atoms with van der Waals surface area (Å²) in [6.45, 7) is 0.810. The Morgan fingerprint density at radius 1 is 1.36 bits per heavy atom. The number of furan rings is 1. The van der Waals surface area contributed by atoms with E-state index in [2.05, 4.69) is 0 Å². The molecule has 2 aromatic rings. The third kappa shape index (κ3) is 1.32. The van der Waals surface area contributed by atoms with Crippen LogP contribution in [0.5, 0.6) is 5.75 Å². The Kier molecular flexibility index (Phi) is 1.74. The van der Waals surface area contributed by atoms with Crippen LogP contribution < -0.4 is 0 Å². The van der Waals surface area contributed by atoms with Gasteiger partial charge < -0.3 is 9.52 Å². The zero-order valence-electron chi connectivity index (χ0n) is 7.42. The minimum Gasteiger partial charge on any atom is -0.508 e. The van der Waals surface area contributed by atoms with Gasteiger partial charge in [-0.15, -0.1) is 0 Å². The predicted molar refractivity (Wildman–Crippen MR) is 47.4 cm³/mol. The summed E-state index contributed by atoms with van der Waals surface area (Å²) in [5, 5.41) is 9.42. The van der Waals surface area contributed by atoms with Crippen LogP contribution in [0.1, 0.15) is 12.5 Å². The van der Waals surface area contributed by atoms with Gasteiger partial charge in [-0.3, -0.25) is 0 Å². The highest BCUT2D eigenvalue weighted by atomic mass is 19.3. The van der Waals surface area contributed by atoms with Gasteiger partial charge in [-0.2, -0.15) is 0 Å². The molecular weight excluding hydrogens is 190 g/mol. The second kappa shape index (κ2) is 2.70. The van der Waals surface area contributed by atoms with Crippen LogP contribution in [0.25, 0.3) is 11.0 Å². The zero-order chi connectivity index (χ0) is 10.3. The number of phenols is 1. The predicted octanol–water partition coefficient (Wildman–Crippen LogP) is 3.25. The van der Waals surface area contributed by atoms with Gasteiger partial charge in [-0.05, 0) is 12.1 Å². The van der Waals surface area contributed by atoms with E-state index in [1.165, 1.54) is 18.2 Å². The summed E-state index contributed by atoms with van der Waals surface area (Å²) in [6, 6.07) is 4.08. The van der Waals surface area contributed by atoms with E-state index in [1.54, 1.807) is 0 Å². The molecule has 0 aliphatic heterocycles. The largest absolute Gasteiger partial charge is 0.508 e. The fourth-order valence-electron chi connectivity index (χ4n) is 1.36. The van der Waals surface area contributed by atoms with Gasteiger partial charge in [-0.25, -0.2) is 8.78 Å². The molecule has 0 saturated carbocycles. The number of fused-ring (bicyclic) bond motifs is 1. The first kappa shape index (κ1) is 8.99. The van der Waals surface area contributed by atoms with Crippen LogP contribution in [0.15, 0.2) is 28.9 Å². The van der Waals surface area contributed by atoms with E-state index in [9.17, 15) is 8.78 Å². The van der Waals surface area contributed by atoms with Gasteiger partial charge in [-0.1, -0.05) is 0 Å². The highest BCUT2D eigenvalue weighted by Gasteiger charge is 2.28. The molecule has 1 aromatic heterocycles. The summed E-state index contributed by atoms with van der Waals surface area (Å²) in [5.74, 6) is -2.93. The molecule has 1 aromatic carbocycles. The summed E-state index contributed by atoms with van der Waals surface area (Å²) in [4.78, 5) is 0. The molecule has 0 fully saturated rings. The summed E-state index contributed by atoms with van der Waals surface area (Å²) < 4.78 is 30.9.